The molecular formula is C16H28N2O. The molecule has 0 spiro atoms. The maximum absolute atomic E-state index is 9.73. The molecule has 0 saturated heterocycles. The van der Waals surface area contributed by atoms with Crippen LogP contribution in [0, 0.1) is 0 Å². The lowest BCUT2D eigenvalue weighted by molar-refractivity contribution is 0.117. The average Bonchev–Trinajstić information content (AvgIpc) is 2.28. The lowest BCUT2D eigenvalue weighted by Gasteiger charge is -2.22. The average molecular weight is 264 g/mol. The van der Waals surface area contributed by atoms with Gasteiger partial charge in [-0.15, -0.1) is 0 Å². The first-order valence-corrected chi connectivity index (χ1v) is 6.99. The number of aliphatic hydroxyl groups is 1. The van der Waals surface area contributed by atoms with Gasteiger partial charge in [0.05, 0.1) is 6.10 Å². The van der Waals surface area contributed by atoms with E-state index in [1.165, 1.54) is 11.1 Å². The van der Waals surface area contributed by atoms with Gasteiger partial charge in [-0.25, -0.2) is 0 Å². The van der Waals surface area contributed by atoms with Crippen molar-refractivity contribution in [1.29, 1.82) is 0 Å². The number of likely N-dealkylation sites (N-methyl/N-ethyl adjacent to an activating group) is 1. The molecule has 0 aliphatic heterocycles. The molecule has 0 aliphatic rings. The molecule has 0 aliphatic carbocycles. The van der Waals surface area contributed by atoms with Gasteiger partial charge in [-0.3, -0.25) is 4.90 Å². The van der Waals surface area contributed by atoms with Crippen LogP contribution in [0.15, 0.2) is 24.3 Å². The van der Waals surface area contributed by atoms with Crippen molar-refractivity contribution in [3.05, 3.63) is 35.4 Å². The van der Waals surface area contributed by atoms with E-state index in [9.17, 15) is 5.11 Å². The molecule has 0 bridgehead atoms. The Morgan fingerprint density at radius 1 is 1.21 bits per heavy atom. The molecule has 0 heterocycles. The molecule has 1 aromatic carbocycles. The molecule has 3 N–H and O–H groups in total. The number of rotatable bonds is 6. The van der Waals surface area contributed by atoms with Gasteiger partial charge in [-0.1, -0.05) is 45.0 Å². The van der Waals surface area contributed by atoms with Crippen LogP contribution in [0.2, 0.25) is 0 Å². The Morgan fingerprint density at radius 3 is 2.26 bits per heavy atom. The van der Waals surface area contributed by atoms with E-state index in [-0.39, 0.29) is 11.5 Å². The first kappa shape index (κ1) is 16.2. The van der Waals surface area contributed by atoms with Crippen LogP contribution in [0.4, 0.5) is 0 Å². The van der Waals surface area contributed by atoms with Crippen molar-refractivity contribution in [2.24, 2.45) is 5.73 Å². The van der Waals surface area contributed by atoms with Crippen LogP contribution in [0.25, 0.3) is 0 Å². The van der Waals surface area contributed by atoms with Crippen LogP contribution in [-0.2, 0) is 12.0 Å². The van der Waals surface area contributed by atoms with Gasteiger partial charge in [0.2, 0.25) is 0 Å². The van der Waals surface area contributed by atoms with Gasteiger partial charge in [0.25, 0.3) is 0 Å². The van der Waals surface area contributed by atoms with E-state index in [1.807, 2.05) is 7.05 Å². The topological polar surface area (TPSA) is 49.5 Å². The molecule has 1 rings (SSSR count). The minimum Gasteiger partial charge on any atom is -0.392 e. The van der Waals surface area contributed by atoms with Crippen LogP contribution in [-0.4, -0.2) is 36.2 Å². The quantitative estimate of drug-likeness (QED) is 0.827. The van der Waals surface area contributed by atoms with E-state index in [0.29, 0.717) is 19.5 Å². The molecule has 3 heteroatoms. The van der Waals surface area contributed by atoms with E-state index >= 15 is 0 Å². The number of aliphatic hydroxyl groups excluding tert-OH is 1. The Bertz CT molecular complexity index is 367. The summed E-state index contributed by atoms with van der Waals surface area (Å²) >= 11 is 0. The molecule has 0 aromatic heterocycles. The van der Waals surface area contributed by atoms with Crippen molar-refractivity contribution in [2.75, 3.05) is 20.1 Å². The monoisotopic (exact) mass is 264 g/mol. The van der Waals surface area contributed by atoms with E-state index < -0.39 is 0 Å². The second-order valence-corrected chi connectivity index (χ2v) is 6.37. The molecule has 1 atom stereocenters. The van der Waals surface area contributed by atoms with E-state index in [2.05, 4.69) is 49.9 Å². The second kappa shape index (κ2) is 7.04. The molecule has 3 nitrogen and oxygen atoms in total. The van der Waals surface area contributed by atoms with Gasteiger partial charge in [-0.2, -0.15) is 0 Å². The maximum Gasteiger partial charge on any atom is 0.0679 e. The molecular weight excluding hydrogens is 236 g/mol. The first-order chi connectivity index (χ1) is 8.82. The Labute approximate surface area is 117 Å². The fourth-order valence-corrected chi connectivity index (χ4v) is 2.13. The summed E-state index contributed by atoms with van der Waals surface area (Å²) in [7, 11) is 2.03. The molecule has 0 saturated carbocycles. The molecule has 1 aromatic rings. The van der Waals surface area contributed by atoms with Gasteiger partial charge in [0.1, 0.15) is 0 Å². The van der Waals surface area contributed by atoms with Gasteiger partial charge >= 0.3 is 0 Å². The van der Waals surface area contributed by atoms with Crippen LogP contribution < -0.4 is 5.73 Å². The van der Waals surface area contributed by atoms with Crippen LogP contribution in [0.5, 0.6) is 0 Å². The summed E-state index contributed by atoms with van der Waals surface area (Å²) in [5.74, 6) is 0. The van der Waals surface area contributed by atoms with Crippen molar-refractivity contribution in [1.82, 2.24) is 4.90 Å². The lowest BCUT2D eigenvalue weighted by atomic mass is 9.87. The Hall–Kier alpha value is -0.900. The zero-order valence-electron chi connectivity index (χ0n) is 12.7. The van der Waals surface area contributed by atoms with Crippen molar-refractivity contribution in [3.8, 4) is 0 Å². The predicted octanol–water partition coefficient (Wildman–Crippen LogP) is 2.13. The Balaban J connectivity index is 2.53. The number of nitrogens with zero attached hydrogens (tertiary/aromatic N) is 1. The first-order valence-electron chi connectivity index (χ1n) is 6.99. The number of nitrogens with two attached hydrogens (primary N) is 1. The van der Waals surface area contributed by atoms with Crippen LogP contribution >= 0.6 is 0 Å². The maximum atomic E-state index is 9.73. The number of benzene rings is 1. The van der Waals surface area contributed by atoms with Crippen molar-refractivity contribution in [2.45, 2.75) is 45.3 Å². The van der Waals surface area contributed by atoms with Gasteiger partial charge in [0.15, 0.2) is 0 Å². The molecule has 108 valence electrons. The molecule has 0 radical (unpaired) electrons. The zero-order chi connectivity index (χ0) is 14.5. The summed E-state index contributed by atoms with van der Waals surface area (Å²) in [6.45, 7) is 8.71. The summed E-state index contributed by atoms with van der Waals surface area (Å²) < 4.78 is 0. The van der Waals surface area contributed by atoms with Crippen LogP contribution in [0.3, 0.4) is 0 Å². The summed E-state index contributed by atoms with van der Waals surface area (Å²) in [5, 5.41) is 9.73. The highest BCUT2D eigenvalue weighted by molar-refractivity contribution is 5.27. The summed E-state index contributed by atoms with van der Waals surface area (Å²) in [6.07, 6.45) is 0.330. The van der Waals surface area contributed by atoms with E-state index in [0.717, 1.165) is 6.54 Å². The van der Waals surface area contributed by atoms with Gasteiger partial charge in [0, 0.05) is 13.1 Å². The van der Waals surface area contributed by atoms with Crippen molar-refractivity contribution >= 4 is 0 Å². The second-order valence-electron chi connectivity index (χ2n) is 6.37. The highest BCUT2D eigenvalue weighted by Gasteiger charge is 2.13. The third-order valence-corrected chi connectivity index (χ3v) is 3.29. The molecule has 0 fully saturated rings. The predicted molar refractivity (Wildman–Crippen MR) is 81.2 cm³/mol. The van der Waals surface area contributed by atoms with Gasteiger partial charge in [-0.05, 0) is 36.6 Å². The Kier molecular flexibility index (Phi) is 5.98. The lowest BCUT2D eigenvalue weighted by Crippen LogP contribution is -2.30. The largest absolute Gasteiger partial charge is 0.392 e. The SMILES string of the molecule is CN(Cc1ccc(C(C)(C)C)cc1)CC(O)CCN. The standard InChI is InChI=1S/C16H28N2O/c1-16(2,3)14-7-5-13(6-8-14)11-18(4)12-15(19)9-10-17/h5-8,15,19H,9-12,17H2,1-4H3. The number of hydrogen-bond donors (Lipinski definition) is 2. The van der Waals surface area contributed by atoms with Crippen molar-refractivity contribution in [3.63, 3.8) is 0 Å². The normalized spacial score (nSPS) is 13.8. The molecule has 0 amide bonds. The summed E-state index contributed by atoms with van der Waals surface area (Å²) in [5.41, 5.74) is 8.26. The van der Waals surface area contributed by atoms with E-state index in [1.54, 1.807) is 0 Å². The third kappa shape index (κ3) is 5.72. The third-order valence-electron chi connectivity index (χ3n) is 3.29. The van der Waals surface area contributed by atoms with Crippen molar-refractivity contribution < 1.29 is 5.11 Å². The van der Waals surface area contributed by atoms with Gasteiger partial charge < -0.3 is 10.8 Å². The Morgan fingerprint density at radius 2 is 1.79 bits per heavy atom. The minimum atomic E-state index is -0.330. The molecule has 19 heavy (non-hydrogen) atoms. The summed E-state index contributed by atoms with van der Waals surface area (Å²) in [6, 6.07) is 8.73. The van der Waals surface area contributed by atoms with E-state index in [4.69, 9.17) is 5.73 Å². The minimum absolute atomic E-state index is 0.196. The molecule has 1 unspecified atom stereocenters. The smallest absolute Gasteiger partial charge is 0.0679 e. The number of hydrogen-bond acceptors (Lipinski definition) is 3. The highest BCUT2D eigenvalue weighted by atomic mass is 16.3. The van der Waals surface area contributed by atoms with Crippen LogP contribution in [0.1, 0.15) is 38.3 Å². The summed E-state index contributed by atoms with van der Waals surface area (Å²) in [4.78, 5) is 2.13. The fourth-order valence-electron chi connectivity index (χ4n) is 2.13. The fraction of sp³-hybridized carbons (Fsp3) is 0.625. The zero-order valence-corrected chi connectivity index (χ0v) is 12.7. The highest BCUT2D eigenvalue weighted by Crippen LogP contribution is 2.22.